The first-order chi connectivity index (χ1) is 8.38. The van der Waals surface area contributed by atoms with E-state index >= 15 is 0 Å². The molecule has 0 aromatic heterocycles. The Morgan fingerprint density at radius 1 is 1.33 bits per heavy atom. The Morgan fingerprint density at radius 2 is 2.00 bits per heavy atom. The van der Waals surface area contributed by atoms with Crippen molar-refractivity contribution in [2.24, 2.45) is 23.2 Å². The molecule has 0 aromatic carbocycles. The average Bonchev–Trinajstić information content (AvgIpc) is 2.32. The molecular formula is C16H28O2. The van der Waals surface area contributed by atoms with Crippen LogP contribution in [0.5, 0.6) is 0 Å². The van der Waals surface area contributed by atoms with Gasteiger partial charge in [-0.3, -0.25) is 0 Å². The summed E-state index contributed by atoms with van der Waals surface area (Å²) in [5.41, 5.74) is 1.20. The second kappa shape index (κ2) is 4.97. The smallest absolute Gasteiger partial charge is 0.0602 e. The molecule has 0 aliphatic heterocycles. The van der Waals surface area contributed by atoms with Gasteiger partial charge in [0.15, 0.2) is 0 Å². The van der Waals surface area contributed by atoms with Gasteiger partial charge in [-0.2, -0.15) is 0 Å². The average molecular weight is 252 g/mol. The summed E-state index contributed by atoms with van der Waals surface area (Å²) in [5, 5.41) is 20.9. The number of aliphatic hydroxyl groups excluding tert-OH is 2. The summed E-state index contributed by atoms with van der Waals surface area (Å²) in [5.74, 6) is 0.864. The number of rotatable bonds is 2. The third kappa shape index (κ3) is 2.14. The fourth-order valence-electron chi connectivity index (χ4n) is 4.34. The molecular weight excluding hydrogens is 224 g/mol. The van der Waals surface area contributed by atoms with Crippen LogP contribution >= 0.6 is 0 Å². The molecule has 0 amide bonds. The van der Waals surface area contributed by atoms with Crippen molar-refractivity contribution in [3.63, 3.8) is 0 Å². The van der Waals surface area contributed by atoms with Crippen molar-refractivity contribution in [3.05, 3.63) is 12.2 Å². The molecule has 2 heteroatoms. The number of allylic oxidation sites excluding steroid dienone is 1. The van der Waals surface area contributed by atoms with E-state index in [4.69, 9.17) is 0 Å². The fraction of sp³-hybridized carbons (Fsp3) is 0.875. The summed E-state index contributed by atoms with van der Waals surface area (Å²) in [7, 11) is 0. The van der Waals surface area contributed by atoms with E-state index in [2.05, 4.69) is 27.4 Å². The standard InChI is InChI=1S/C16H28O2/c1-10(2)15(18)12-6-5-9-16(4)13(17)8-7-11(3)14(12)16/h10,12-15,17-18H,3,5-9H2,1-2,4H3. The minimum atomic E-state index is -0.267. The topological polar surface area (TPSA) is 40.5 Å². The molecule has 104 valence electrons. The van der Waals surface area contributed by atoms with Gasteiger partial charge in [-0.15, -0.1) is 0 Å². The van der Waals surface area contributed by atoms with Crippen LogP contribution in [0.15, 0.2) is 12.2 Å². The molecule has 0 spiro atoms. The molecule has 2 N–H and O–H groups in total. The van der Waals surface area contributed by atoms with Crippen LogP contribution in [-0.4, -0.2) is 22.4 Å². The molecule has 0 aromatic rings. The van der Waals surface area contributed by atoms with Crippen LogP contribution in [0.1, 0.15) is 52.9 Å². The lowest BCUT2D eigenvalue weighted by Gasteiger charge is -2.54. The summed E-state index contributed by atoms with van der Waals surface area (Å²) in [6.45, 7) is 10.6. The summed E-state index contributed by atoms with van der Waals surface area (Å²) in [4.78, 5) is 0. The van der Waals surface area contributed by atoms with E-state index in [1.807, 2.05) is 0 Å². The quantitative estimate of drug-likeness (QED) is 0.741. The molecule has 18 heavy (non-hydrogen) atoms. The van der Waals surface area contributed by atoms with Crippen LogP contribution in [0.4, 0.5) is 0 Å². The van der Waals surface area contributed by atoms with E-state index in [1.54, 1.807) is 0 Å². The molecule has 0 heterocycles. The Balaban J connectivity index is 2.30. The van der Waals surface area contributed by atoms with Crippen LogP contribution in [0, 0.1) is 23.2 Å². The third-order valence-corrected chi connectivity index (χ3v) is 5.45. The van der Waals surface area contributed by atoms with E-state index in [9.17, 15) is 10.2 Å². The highest BCUT2D eigenvalue weighted by Gasteiger charge is 2.51. The number of hydrogen-bond donors (Lipinski definition) is 2. The third-order valence-electron chi connectivity index (χ3n) is 5.45. The van der Waals surface area contributed by atoms with Crippen molar-refractivity contribution >= 4 is 0 Å². The lowest BCUT2D eigenvalue weighted by atomic mass is 9.52. The zero-order valence-electron chi connectivity index (χ0n) is 12.0. The van der Waals surface area contributed by atoms with Gasteiger partial charge in [0, 0.05) is 5.41 Å². The van der Waals surface area contributed by atoms with Gasteiger partial charge in [0.2, 0.25) is 0 Å². The van der Waals surface area contributed by atoms with Crippen LogP contribution in [0.3, 0.4) is 0 Å². The Hall–Kier alpha value is -0.340. The molecule has 2 saturated carbocycles. The molecule has 5 atom stereocenters. The second-order valence-electron chi connectivity index (χ2n) is 6.99. The maximum Gasteiger partial charge on any atom is 0.0602 e. The van der Waals surface area contributed by atoms with E-state index in [0.29, 0.717) is 5.92 Å². The predicted molar refractivity (Wildman–Crippen MR) is 74.2 cm³/mol. The molecule has 2 aliphatic carbocycles. The number of hydrogen-bond acceptors (Lipinski definition) is 2. The van der Waals surface area contributed by atoms with Crippen LogP contribution in [0.2, 0.25) is 0 Å². The number of fused-ring (bicyclic) bond motifs is 1. The second-order valence-corrected chi connectivity index (χ2v) is 6.99. The lowest BCUT2D eigenvalue weighted by molar-refractivity contribution is -0.0969. The maximum atomic E-state index is 10.5. The van der Waals surface area contributed by atoms with E-state index in [-0.39, 0.29) is 29.5 Å². The molecule has 2 rings (SSSR count). The van der Waals surface area contributed by atoms with Crippen molar-refractivity contribution in [2.45, 2.75) is 65.1 Å². The highest BCUT2D eigenvalue weighted by molar-refractivity contribution is 5.17. The van der Waals surface area contributed by atoms with Gasteiger partial charge in [0.25, 0.3) is 0 Å². The Morgan fingerprint density at radius 3 is 2.61 bits per heavy atom. The van der Waals surface area contributed by atoms with Gasteiger partial charge in [-0.25, -0.2) is 0 Å². The Labute approximate surface area is 111 Å². The highest BCUT2D eigenvalue weighted by Crippen LogP contribution is 2.55. The van der Waals surface area contributed by atoms with Gasteiger partial charge >= 0.3 is 0 Å². The van der Waals surface area contributed by atoms with Gasteiger partial charge in [-0.05, 0) is 43.4 Å². The minimum absolute atomic E-state index is 0.0614. The largest absolute Gasteiger partial charge is 0.393 e. The van der Waals surface area contributed by atoms with Crippen molar-refractivity contribution in [3.8, 4) is 0 Å². The summed E-state index contributed by atoms with van der Waals surface area (Å²) >= 11 is 0. The maximum absolute atomic E-state index is 10.5. The van der Waals surface area contributed by atoms with Crippen molar-refractivity contribution < 1.29 is 10.2 Å². The zero-order valence-corrected chi connectivity index (χ0v) is 12.0. The van der Waals surface area contributed by atoms with Gasteiger partial charge in [0.05, 0.1) is 12.2 Å². The van der Waals surface area contributed by atoms with E-state index in [0.717, 1.165) is 32.1 Å². The van der Waals surface area contributed by atoms with Crippen LogP contribution < -0.4 is 0 Å². The van der Waals surface area contributed by atoms with E-state index in [1.165, 1.54) is 5.57 Å². The van der Waals surface area contributed by atoms with Crippen molar-refractivity contribution in [2.75, 3.05) is 0 Å². The first kappa shape index (κ1) is 14.1. The van der Waals surface area contributed by atoms with Gasteiger partial charge < -0.3 is 10.2 Å². The van der Waals surface area contributed by atoms with Gasteiger partial charge in [0.1, 0.15) is 0 Å². The minimum Gasteiger partial charge on any atom is -0.393 e. The first-order valence-electron chi connectivity index (χ1n) is 7.41. The predicted octanol–water partition coefficient (Wildman–Crippen LogP) is 3.14. The molecule has 0 saturated heterocycles. The SMILES string of the molecule is C=C1CCC(O)C2(C)CCCC(C(O)C(C)C)C12. The summed E-state index contributed by atoms with van der Waals surface area (Å²) < 4.78 is 0. The zero-order chi connectivity index (χ0) is 13.5. The summed E-state index contributed by atoms with van der Waals surface area (Å²) in [6.07, 6.45) is 4.53. The van der Waals surface area contributed by atoms with Gasteiger partial charge in [-0.1, -0.05) is 39.3 Å². The molecule has 5 unspecified atom stereocenters. The van der Waals surface area contributed by atoms with Crippen LogP contribution in [-0.2, 0) is 0 Å². The molecule has 2 fully saturated rings. The monoisotopic (exact) mass is 252 g/mol. The number of aliphatic hydroxyl groups is 2. The molecule has 0 bridgehead atoms. The molecule has 0 radical (unpaired) electrons. The lowest BCUT2D eigenvalue weighted by Crippen LogP contribution is -2.52. The molecule has 2 aliphatic rings. The highest BCUT2D eigenvalue weighted by atomic mass is 16.3. The van der Waals surface area contributed by atoms with Crippen LogP contribution in [0.25, 0.3) is 0 Å². The van der Waals surface area contributed by atoms with E-state index < -0.39 is 0 Å². The van der Waals surface area contributed by atoms with Crippen molar-refractivity contribution in [1.82, 2.24) is 0 Å². The Kier molecular flexibility index (Phi) is 3.89. The summed E-state index contributed by atoms with van der Waals surface area (Å²) in [6, 6.07) is 0. The molecule has 2 nitrogen and oxygen atoms in total. The Bertz CT molecular complexity index is 323. The van der Waals surface area contributed by atoms with Crippen molar-refractivity contribution in [1.29, 1.82) is 0 Å². The fourth-order valence-corrected chi connectivity index (χ4v) is 4.34. The first-order valence-corrected chi connectivity index (χ1v) is 7.41. The normalized spacial score (nSPS) is 42.8.